The molecule has 2 aromatic rings. The molecule has 0 spiro atoms. The first-order chi connectivity index (χ1) is 7.63. The fraction of sp³-hybridized carbons (Fsp3) is 0.308. The Labute approximate surface area is 94.4 Å². The number of nitrogens with one attached hydrogen (secondary N) is 1. The highest BCUT2D eigenvalue weighted by Gasteiger charge is 2.13. The minimum atomic E-state index is -0.286. The number of fused-ring (bicyclic) bond motifs is 1. The Hall–Kier alpha value is -1.77. The number of esters is 1. The van der Waals surface area contributed by atoms with Crippen molar-refractivity contribution in [3.05, 3.63) is 29.5 Å². The van der Waals surface area contributed by atoms with Crippen LogP contribution in [0.4, 0.5) is 0 Å². The van der Waals surface area contributed by atoms with E-state index in [0.29, 0.717) is 5.75 Å². The number of ether oxygens (including phenoxy) is 1. The van der Waals surface area contributed by atoms with Gasteiger partial charge < -0.3 is 9.72 Å². The van der Waals surface area contributed by atoms with Crippen LogP contribution in [0.2, 0.25) is 0 Å². The number of hydrogen-bond acceptors (Lipinski definition) is 2. The van der Waals surface area contributed by atoms with Crippen LogP contribution in [-0.2, 0) is 11.2 Å². The van der Waals surface area contributed by atoms with Crippen LogP contribution in [0.25, 0.3) is 10.9 Å². The number of carbonyl (C=O) groups is 1. The van der Waals surface area contributed by atoms with E-state index in [2.05, 4.69) is 18.0 Å². The molecule has 2 rings (SSSR count). The van der Waals surface area contributed by atoms with Crippen molar-refractivity contribution in [3.63, 3.8) is 0 Å². The summed E-state index contributed by atoms with van der Waals surface area (Å²) in [5, 5.41) is 0.979. The molecule has 16 heavy (non-hydrogen) atoms. The summed E-state index contributed by atoms with van der Waals surface area (Å²) in [6.07, 6.45) is 0.955. The summed E-state index contributed by atoms with van der Waals surface area (Å²) in [7, 11) is 0. The second-order valence-electron chi connectivity index (χ2n) is 3.87. The summed E-state index contributed by atoms with van der Waals surface area (Å²) in [6.45, 7) is 5.44. The van der Waals surface area contributed by atoms with Gasteiger partial charge >= 0.3 is 5.97 Å². The Kier molecular flexibility index (Phi) is 2.69. The zero-order valence-electron chi connectivity index (χ0n) is 9.76. The number of para-hydroxylation sites is 1. The molecule has 0 aliphatic heterocycles. The van der Waals surface area contributed by atoms with Crippen molar-refractivity contribution < 1.29 is 9.53 Å². The van der Waals surface area contributed by atoms with Gasteiger partial charge in [0.25, 0.3) is 0 Å². The molecule has 0 aliphatic rings. The maximum absolute atomic E-state index is 11.0. The summed E-state index contributed by atoms with van der Waals surface area (Å²) in [5.41, 5.74) is 3.20. The van der Waals surface area contributed by atoms with Crippen LogP contribution < -0.4 is 4.74 Å². The van der Waals surface area contributed by atoms with Gasteiger partial charge in [-0.3, -0.25) is 4.79 Å². The number of carbonyl (C=O) groups excluding carboxylic acids is 1. The standard InChI is InChI=1S/C13H15NO2/c1-4-10-6-5-7-11-12(10)14-8(2)13(11)16-9(3)15/h5-7,14H,4H2,1-3H3. The minimum Gasteiger partial charge on any atom is -0.424 e. The summed E-state index contributed by atoms with van der Waals surface area (Å²) < 4.78 is 5.23. The Morgan fingerprint density at radius 3 is 2.81 bits per heavy atom. The van der Waals surface area contributed by atoms with Crippen molar-refractivity contribution in [2.45, 2.75) is 27.2 Å². The average molecular weight is 217 g/mol. The van der Waals surface area contributed by atoms with Crippen molar-refractivity contribution in [2.75, 3.05) is 0 Å². The summed E-state index contributed by atoms with van der Waals surface area (Å²) in [6, 6.07) is 6.04. The van der Waals surface area contributed by atoms with Gasteiger partial charge in [0.1, 0.15) is 0 Å². The SMILES string of the molecule is CCc1cccc2c(OC(C)=O)c(C)[nH]c12. The predicted molar refractivity (Wildman–Crippen MR) is 63.7 cm³/mol. The van der Waals surface area contributed by atoms with E-state index in [-0.39, 0.29) is 5.97 Å². The third-order valence-electron chi connectivity index (χ3n) is 2.68. The Morgan fingerprint density at radius 1 is 1.44 bits per heavy atom. The fourth-order valence-corrected chi connectivity index (χ4v) is 1.95. The molecule has 1 heterocycles. The Morgan fingerprint density at radius 2 is 2.19 bits per heavy atom. The van der Waals surface area contributed by atoms with Gasteiger partial charge in [0.05, 0.1) is 11.2 Å². The number of aryl methyl sites for hydroxylation is 2. The normalized spacial score (nSPS) is 10.7. The first-order valence-electron chi connectivity index (χ1n) is 5.42. The smallest absolute Gasteiger partial charge is 0.308 e. The molecule has 0 aliphatic carbocycles. The van der Waals surface area contributed by atoms with Crippen molar-refractivity contribution in [3.8, 4) is 5.75 Å². The van der Waals surface area contributed by atoms with E-state index in [9.17, 15) is 4.79 Å². The zero-order valence-corrected chi connectivity index (χ0v) is 9.76. The van der Waals surface area contributed by atoms with Gasteiger partial charge in [-0.2, -0.15) is 0 Å². The number of hydrogen-bond donors (Lipinski definition) is 1. The van der Waals surface area contributed by atoms with E-state index >= 15 is 0 Å². The van der Waals surface area contributed by atoms with Crippen LogP contribution in [-0.4, -0.2) is 11.0 Å². The molecular formula is C13H15NO2. The largest absolute Gasteiger partial charge is 0.424 e. The number of benzene rings is 1. The molecule has 84 valence electrons. The maximum Gasteiger partial charge on any atom is 0.308 e. The van der Waals surface area contributed by atoms with E-state index in [0.717, 1.165) is 23.0 Å². The molecular weight excluding hydrogens is 202 g/mol. The number of H-pyrrole nitrogens is 1. The van der Waals surface area contributed by atoms with Crippen LogP contribution in [0, 0.1) is 6.92 Å². The molecule has 0 radical (unpaired) electrons. The molecule has 3 heteroatoms. The Bertz CT molecular complexity index is 540. The summed E-state index contributed by atoms with van der Waals surface area (Å²) >= 11 is 0. The van der Waals surface area contributed by atoms with Gasteiger partial charge in [-0.25, -0.2) is 0 Å². The first kappa shape index (κ1) is 10.7. The average Bonchev–Trinajstić information content (AvgIpc) is 2.55. The number of rotatable bonds is 2. The molecule has 3 nitrogen and oxygen atoms in total. The first-order valence-corrected chi connectivity index (χ1v) is 5.42. The van der Waals surface area contributed by atoms with Gasteiger partial charge in [-0.05, 0) is 25.0 Å². The van der Waals surface area contributed by atoms with Crippen LogP contribution in [0.5, 0.6) is 5.75 Å². The highest BCUT2D eigenvalue weighted by atomic mass is 16.5. The van der Waals surface area contributed by atoms with Gasteiger partial charge in [0.15, 0.2) is 5.75 Å². The van der Waals surface area contributed by atoms with Crippen molar-refractivity contribution in [1.82, 2.24) is 4.98 Å². The third-order valence-corrected chi connectivity index (χ3v) is 2.68. The maximum atomic E-state index is 11.0. The molecule has 1 aromatic carbocycles. The monoisotopic (exact) mass is 217 g/mol. The van der Waals surface area contributed by atoms with Crippen LogP contribution in [0.3, 0.4) is 0 Å². The quantitative estimate of drug-likeness (QED) is 0.786. The predicted octanol–water partition coefficient (Wildman–Crippen LogP) is 2.96. The summed E-state index contributed by atoms with van der Waals surface area (Å²) in [4.78, 5) is 14.3. The van der Waals surface area contributed by atoms with E-state index in [1.807, 2.05) is 19.1 Å². The van der Waals surface area contributed by atoms with E-state index in [1.165, 1.54) is 12.5 Å². The second kappa shape index (κ2) is 4.00. The topological polar surface area (TPSA) is 42.1 Å². The molecule has 0 saturated heterocycles. The van der Waals surface area contributed by atoms with E-state index < -0.39 is 0 Å². The molecule has 1 aromatic heterocycles. The highest BCUT2D eigenvalue weighted by molar-refractivity contribution is 5.92. The second-order valence-corrected chi connectivity index (χ2v) is 3.87. The van der Waals surface area contributed by atoms with Gasteiger partial charge in [0.2, 0.25) is 0 Å². The molecule has 0 amide bonds. The molecule has 0 bridgehead atoms. The van der Waals surface area contributed by atoms with Crippen LogP contribution >= 0.6 is 0 Å². The van der Waals surface area contributed by atoms with Gasteiger partial charge in [0, 0.05) is 12.3 Å². The highest BCUT2D eigenvalue weighted by Crippen LogP contribution is 2.31. The molecule has 0 saturated carbocycles. The van der Waals surface area contributed by atoms with Crippen molar-refractivity contribution >= 4 is 16.9 Å². The lowest BCUT2D eigenvalue weighted by atomic mass is 10.1. The van der Waals surface area contributed by atoms with Gasteiger partial charge in [-0.1, -0.05) is 19.1 Å². The van der Waals surface area contributed by atoms with Gasteiger partial charge in [-0.15, -0.1) is 0 Å². The van der Waals surface area contributed by atoms with Crippen molar-refractivity contribution in [2.24, 2.45) is 0 Å². The Balaban J connectivity index is 2.66. The van der Waals surface area contributed by atoms with E-state index in [4.69, 9.17) is 4.74 Å². The van der Waals surface area contributed by atoms with E-state index in [1.54, 1.807) is 0 Å². The minimum absolute atomic E-state index is 0.286. The lowest BCUT2D eigenvalue weighted by Gasteiger charge is -2.01. The zero-order chi connectivity index (χ0) is 11.7. The third kappa shape index (κ3) is 1.69. The lowest BCUT2D eigenvalue weighted by molar-refractivity contribution is -0.131. The molecule has 0 atom stereocenters. The number of aromatic nitrogens is 1. The summed E-state index contributed by atoms with van der Waals surface area (Å²) in [5.74, 6) is 0.365. The molecule has 0 fully saturated rings. The molecule has 1 N–H and O–H groups in total. The number of aromatic amines is 1. The van der Waals surface area contributed by atoms with Crippen molar-refractivity contribution in [1.29, 1.82) is 0 Å². The van der Waals surface area contributed by atoms with Crippen LogP contribution in [0.1, 0.15) is 25.1 Å². The fourth-order valence-electron chi connectivity index (χ4n) is 1.95. The van der Waals surface area contributed by atoms with Crippen LogP contribution in [0.15, 0.2) is 18.2 Å². The lowest BCUT2D eigenvalue weighted by Crippen LogP contribution is -2.01. The molecule has 0 unspecified atom stereocenters.